The number of methoxy groups -OCH3 is 1. The minimum absolute atomic E-state index is 0.370. The van der Waals surface area contributed by atoms with Crippen molar-refractivity contribution in [2.45, 2.75) is 6.92 Å². The van der Waals surface area contributed by atoms with Crippen molar-refractivity contribution in [3.8, 4) is 5.75 Å². The van der Waals surface area contributed by atoms with Gasteiger partial charge >= 0.3 is 0 Å². The summed E-state index contributed by atoms with van der Waals surface area (Å²) in [5, 5.41) is 14.8. The van der Waals surface area contributed by atoms with Crippen molar-refractivity contribution < 1.29 is 4.74 Å². The second-order valence-electron chi connectivity index (χ2n) is 5.08. The highest BCUT2D eigenvalue weighted by Crippen LogP contribution is 2.28. The Morgan fingerprint density at radius 1 is 1.08 bits per heavy atom. The number of aryl methyl sites for hydroxylation is 1. The maximum atomic E-state index is 6.12. The molecule has 0 aliphatic heterocycles. The van der Waals surface area contributed by atoms with Gasteiger partial charge in [0.2, 0.25) is 5.95 Å². The molecular formula is C17H16ClN5O. The van der Waals surface area contributed by atoms with E-state index in [1.165, 1.54) is 0 Å². The van der Waals surface area contributed by atoms with E-state index in [1.807, 2.05) is 37.3 Å². The predicted octanol–water partition coefficient (Wildman–Crippen LogP) is 4.33. The smallest absolute Gasteiger partial charge is 0.249 e. The summed E-state index contributed by atoms with van der Waals surface area (Å²) in [5.41, 5.74) is 2.83. The Morgan fingerprint density at radius 3 is 2.67 bits per heavy atom. The summed E-state index contributed by atoms with van der Waals surface area (Å²) in [6.07, 6.45) is 1.57. The summed E-state index contributed by atoms with van der Waals surface area (Å²) >= 11 is 6.12. The van der Waals surface area contributed by atoms with Crippen molar-refractivity contribution in [2.24, 2.45) is 0 Å². The number of halogens is 1. The van der Waals surface area contributed by atoms with Gasteiger partial charge in [-0.2, -0.15) is 10.1 Å². The Bertz CT molecular complexity index is 856. The van der Waals surface area contributed by atoms with Gasteiger partial charge in [-0.1, -0.05) is 29.8 Å². The highest BCUT2D eigenvalue weighted by Gasteiger charge is 2.06. The molecule has 0 saturated carbocycles. The average molecular weight is 342 g/mol. The van der Waals surface area contributed by atoms with Gasteiger partial charge in [-0.15, -0.1) is 5.10 Å². The largest absolute Gasteiger partial charge is 0.495 e. The van der Waals surface area contributed by atoms with Crippen molar-refractivity contribution in [2.75, 3.05) is 17.7 Å². The van der Waals surface area contributed by atoms with E-state index in [0.29, 0.717) is 22.5 Å². The molecule has 0 bridgehead atoms. The zero-order valence-corrected chi connectivity index (χ0v) is 14.0. The van der Waals surface area contributed by atoms with Crippen LogP contribution in [0.3, 0.4) is 0 Å². The van der Waals surface area contributed by atoms with Gasteiger partial charge < -0.3 is 15.4 Å². The molecule has 122 valence electrons. The van der Waals surface area contributed by atoms with Gasteiger partial charge in [0.1, 0.15) is 5.75 Å². The molecule has 1 heterocycles. The maximum Gasteiger partial charge on any atom is 0.249 e. The monoisotopic (exact) mass is 341 g/mol. The maximum absolute atomic E-state index is 6.12. The molecule has 0 fully saturated rings. The minimum atomic E-state index is 0.370. The lowest BCUT2D eigenvalue weighted by molar-refractivity contribution is 0.415. The number of anilines is 4. The highest BCUT2D eigenvalue weighted by molar-refractivity contribution is 6.32. The summed E-state index contributed by atoms with van der Waals surface area (Å²) in [5.74, 6) is 1.58. The molecule has 6 nitrogen and oxygen atoms in total. The van der Waals surface area contributed by atoms with E-state index in [2.05, 4.69) is 25.8 Å². The van der Waals surface area contributed by atoms with Gasteiger partial charge in [-0.3, -0.25) is 0 Å². The second kappa shape index (κ2) is 7.14. The van der Waals surface area contributed by atoms with Crippen molar-refractivity contribution in [3.63, 3.8) is 0 Å². The van der Waals surface area contributed by atoms with Crippen molar-refractivity contribution in [3.05, 3.63) is 59.2 Å². The fraction of sp³-hybridized carbons (Fsp3) is 0.118. The number of rotatable bonds is 5. The molecule has 0 aliphatic rings. The average Bonchev–Trinajstić information content (AvgIpc) is 2.58. The van der Waals surface area contributed by atoms with Crippen LogP contribution in [0.25, 0.3) is 0 Å². The summed E-state index contributed by atoms with van der Waals surface area (Å²) in [6, 6.07) is 13.3. The van der Waals surface area contributed by atoms with Crippen LogP contribution in [-0.2, 0) is 0 Å². The number of nitrogens with one attached hydrogen (secondary N) is 2. The van der Waals surface area contributed by atoms with E-state index in [-0.39, 0.29) is 0 Å². The Kier molecular flexibility index (Phi) is 4.77. The molecule has 1 aromatic heterocycles. The fourth-order valence-corrected chi connectivity index (χ4v) is 2.40. The molecule has 0 aliphatic carbocycles. The third-order valence-electron chi connectivity index (χ3n) is 3.37. The molecule has 0 radical (unpaired) electrons. The van der Waals surface area contributed by atoms with E-state index in [1.54, 1.807) is 25.4 Å². The molecule has 2 aromatic carbocycles. The zero-order valence-electron chi connectivity index (χ0n) is 13.2. The van der Waals surface area contributed by atoms with Crippen LogP contribution in [0.4, 0.5) is 23.1 Å². The number of ether oxygens (including phenoxy) is 1. The normalized spacial score (nSPS) is 10.3. The van der Waals surface area contributed by atoms with Crippen LogP contribution in [0, 0.1) is 6.92 Å². The van der Waals surface area contributed by atoms with E-state index in [0.717, 1.165) is 16.9 Å². The SMILES string of the molecule is COc1ccc(Nc2nncc(Nc3ccccc3C)n2)cc1Cl. The van der Waals surface area contributed by atoms with Gasteiger partial charge in [0.05, 0.1) is 18.3 Å². The van der Waals surface area contributed by atoms with Gasteiger partial charge in [0.15, 0.2) is 5.82 Å². The molecule has 3 aromatic rings. The molecule has 0 saturated heterocycles. The van der Waals surface area contributed by atoms with Crippen LogP contribution < -0.4 is 15.4 Å². The Balaban J connectivity index is 1.78. The van der Waals surface area contributed by atoms with Gasteiger partial charge in [0, 0.05) is 11.4 Å². The number of para-hydroxylation sites is 1. The van der Waals surface area contributed by atoms with Crippen LogP contribution >= 0.6 is 11.6 Å². The third-order valence-corrected chi connectivity index (χ3v) is 3.67. The Morgan fingerprint density at radius 2 is 1.92 bits per heavy atom. The lowest BCUT2D eigenvalue weighted by Crippen LogP contribution is -2.03. The molecule has 3 rings (SSSR count). The molecule has 0 spiro atoms. The lowest BCUT2D eigenvalue weighted by Gasteiger charge is -2.10. The molecule has 0 unspecified atom stereocenters. The van der Waals surface area contributed by atoms with Crippen LogP contribution in [0.2, 0.25) is 5.02 Å². The summed E-state index contributed by atoms with van der Waals surface area (Å²) in [7, 11) is 1.57. The number of aromatic nitrogens is 3. The molecule has 0 atom stereocenters. The number of benzene rings is 2. The second-order valence-corrected chi connectivity index (χ2v) is 5.49. The predicted molar refractivity (Wildman–Crippen MR) is 95.6 cm³/mol. The molecule has 24 heavy (non-hydrogen) atoms. The first-order chi connectivity index (χ1) is 11.7. The molecular weight excluding hydrogens is 326 g/mol. The quantitative estimate of drug-likeness (QED) is 0.719. The van der Waals surface area contributed by atoms with Crippen molar-refractivity contribution >= 4 is 34.7 Å². The van der Waals surface area contributed by atoms with Crippen LogP contribution in [0.15, 0.2) is 48.7 Å². The van der Waals surface area contributed by atoms with Crippen molar-refractivity contribution in [1.29, 1.82) is 0 Å². The molecule has 7 heteroatoms. The van der Waals surface area contributed by atoms with E-state index in [4.69, 9.17) is 16.3 Å². The number of hydrogen-bond acceptors (Lipinski definition) is 6. The Hall–Kier alpha value is -2.86. The number of hydrogen-bond donors (Lipinski definition) is 2. The van der Waals surface area contributed by atoms with E-state index in [9.17, 15) is 0 Å². The van der Waals surface area contributed by atoms with Gasteiger partial charge in [0.25, 0.3) is 0 Å². The first-order valence-corrected chi connectivity index (χ1v) is 7.66. The summed E-state index contributed by atoms with van der Waals surface area (Å²) in [6.45, 7) is 2.02. The standard InChI is InChI=1S/C17H16ClN5O/c1-11-5-3-4-6-14(11)21-16-10-19-23-17(22-16)20-12-7-8-15(24-2)13(18)9-12/h3-10H,1-2H3,(H2,20,21,22,23). The first kappa shape index (κ1) is 16.0. The van der Waals surface area contributed by atoms with Crippen LogP contribution in [0.1, 0.15) is 5.56 Å². The summed E-state index contributed by atoms with van der Waals surface area (Å²) < 4.78 is 5.13. The number of nitrogens with zero attached hydrogens (tertiary/aromatic N) is 3. The van der Waals surface area contributed by atoms with Gasteiger partial charge in [-0.05, 0) is 36.8 Å². The van der Waals surface area contributed by atoms with Gasteiger partial charge in [-0.25, -0.2) is 0 Å². The van der Waals surface area contributed by atoms with Crippen LogP contribution in [-0.4, -0.2) is 22.3 Å². The molecule has 2 N–H and O–H groups in total. The van der Waals surface area contributed by atoms with E-state index >= 15 is 0 Å². The summed E-state index contributed by atoms with van der Waals surface area (Å²) in [4.78, 5) is 4.41. The fourth-order valence-electron chi connectivity index (χ4n) is 2.14. The van der Waals surface area contributed by atoms with Crippen LogP contribution in [0.5, 0.6) is 5.75 Å². The highest BCUT2D eigenvalue weighted by atomic mass is 35.5. The first-order valence-electron chi connectivity index (χ1n) is 7.28. The topological polar surface area (TPSA) is 72.0 Å². The Labute approximate surface area is 144 Å². The van der Waals surface area contributed by atoms with Crippen molar-refractivity contribution in [1.82, 2.24) is 15.2 Å². The molecule has 0 amide bonds. The van der Waals surface area contributed by atoms with E-state index < -0.39 is 0 Å². The zero-order chi connectivity index (χ0) is 16.9. The third kappa shape index (κ3) is 3.72. The lowest BCUT2D eigenvalue weighted by atomic mass is 10.2. The minimum Gasteiger partial charge on any atom is -0.495 e.